The molecule has 156 valence electrons. The number of furan rings is 1. The van der Waals surface area contributed by atoms with Crippen LogP contribution >= 0.6 is 0 Å². The maximum Gasteiger partial charge on any atom is 0.433 e. The third kappa shape index (κ3) is 4.80. The summed E-state index contributed by atoms with van der Waals surface area (Å²) in [6.45, 7) is 4.10. The standard InChI is InChI=1S/C21H22FN5O3/c22-15-4-7-17-18(14-15)24-19(8-5-16-6-9-20(30-16)27(28)29)25-21(17)23-10-3-13-26-11-1-2-12-26/h4-9,14H,1-3,10-13H2,(H,23,24,25)/b8-5+. The molecule has 0 amide bonds. The first-order valence-electron chi connectivity index (χ1n) is 9.94. The summed E-state index contributed by atoms with van der Waals surface area (Å²) in [7, 11) is 0. The number of nitrogens with zero attached hydrogens (tertiary/aromatic N) is 4. The zero-order valence-electron chi connectivity index (χ0n) is 16.4. The predicted molar refractivity (Wildman–Crippen MR) is 113 cm³/mol. The molecule has 1 aromatic carbocycles. The van der Waals surface area contributed by atoms with Crippen LogP contribution in [0.4, 0.5) is 16.1 Å². The second-order valence-corrected chi connectivity index (χ2v) is 7.19. The Balaban J connectivity index is 1.52. The van der Waals surface area contributed by atoms with Crippen LogP contribution in [0.2, 0.25) is 0 Å². The van der Waals surface area contributed by atoms with Gasteiger partial charge in [0.05, 0.1) is 11.6 Å². The Bertz CT molecular complexity index is 1080. The van der Waals surface area contributed by atoms with Crippen LogP contribution in [0.15, 0.2) is 34.7 Å². The molecule has 2 aromatic heterocycles. The second-order valence-electron chi connectivity index (χ2n) is 7.19. The number of nitro groups is 1. The van der Waals surface area contributed by atoms with E-state index in [0.29, 0.717) is 22.9 Å². The van der Waals surface area contributed by atoms with E-state index in [0.717, 1.165) is 38.0 Å². The van der Waals surface area contributed by atoms with E-state index < -0.39 is 4.92 Å². The van der Waals surface area contributed by atoms with Gasteiger partial charge in [-0.1, -0.05) is 0 Å². The van der Waals surface area contributed by atoms with E-state index in [2.05, 4.69) is 20.2 Å². The average Bonchev–Trinajstić information content (AvgIpc) is 3.41. The summed E-state index contributed by atoms with van der Waals surface area (Å²) < 4.78 is 18.8. The number of benzene rings is 1. The maximum atomic E-state index is 13.7. The summed E-state index contributed by atoms with van der Waals surface area (Å²) in [6.07, 6.45) is 6.65. The number of anilines is 1. The highest BCUT2D eigenvalue weighted by molar-refractivity contribution is 5.90. The molecule has 0 atom stereocenters. The van der Waals surface area contributed by atoms with Gasteiger partial charge in [0.25, 0.3) is 0 Å². The first-order chi connectivity index (χ1) is 14.6. The van der Waals surface area contributed by atoms with Crippen molar-refractivity contribution in [2.75, 3.05) is 31.5 Å². The van der Waals surface area contributed by atoms with Gasteiger partial charge in [0, 0.05) is 18.0 Å². The van der Waals surface area contributed by atoms with Crippen LogP contribution in [0.3, 0.4) is 0 Å². The summed E-state index contributed by atoms with van der Waals surface area (Å²) in [5.74, 6) is 0.583. The molecule has 0 spiro atoms. The van der Waals surface area contributed by atoms with Crippen molar-refractivity contribution >= 4 is 34.8 Å². The lowest BCUT2D eigenvalue weighted by molar-refractivity contribution is -0.402. The van der Waals surface area contributed by atoms with Crippen molar-refractivity contribution in [1.82, 2.24) is 14.9 Å². The van der Waals surface area contributed by atoms with Crippen molar-refractivity contribution in [3.05, 3.63) is 57.8 Å². The second kappa shape index (κ2) is 9.00. The van der Waals surface area contributed by atoms with E-state index >= 15 is 0 Å². The molecule has 0 unspecified atom stereocenters. The Morgan fingerprint density at radius 2 is 2.03 bits per heavy atom. The third-order valence-electron chi connectivity index (χ3n) is 5.01. The van der Waals surface area contributed by atoms with E-state index in [1.165, 1.54) is 37.1 Å². The Morgan fingerprint density at radius 1 is 1.20 bits per heavy atom. The van der Waals surface area contributed by atoms with Crippen LogP contribution < -0.4 is 5.32 Å². The number of rotatable bonds is 8. The van der Waals surface area contributed by atoms with Crippen LogP contribution in [0, 0.1) is 15.9 Å². The van der Waals surface area contributed by atoms with Crippen molar-refractivity contribution in [3.8, 4) is 0 Å². The fourth-order valence-corrected chi connectivity index (χ4v) is 3.53. The largest absolute Gasteiger partial charge is 0.433 e. The Morgan fingerprint density at radius 3 is 2.80 bits per heavy atom. The number of hydrogen-bond donors (Lipinski definition) is 1. The molecule has 0 saturated carbocycles. The minimum absolute atomic E-state index is 0.310. The molecule has 1 saturated heterocycles. The highest BCUT2D eigenvalue weighted by Crippen LogP contribution is 2.23. The van der Waals surface area contributed by atoms with Gasteiger partial charge >= 0.3 is 5.88 Å². The fraction of sp³-hybridized carbons (Fsp3) is 0.333. The van der Waals surface area contributed by atoms with Crippen molar-refractivity contribution in [3.63, 3.8) is 0 Å². The molecule has 9 heteroatoms. The quantitative estimate of drug-likeness (QED) is 0.334. The summed E-state index contributed by atoms with van der Waals surface area (Å²) in [5, 5.41) is 14.8. The molecule has 0 radical (unpaired) electrons. The van der Waals surface area contributed by atoms with Gasteiger partial charge in [0.1, 0.15) is 22.3 Å². The van der Waals surface area contributed by atoms with E-state index in [1.807, 2.05) is 0 Å². The number of fused-ring (bicyclic) bond motifs is 1. The fourth-order valence-electron chi connectivity index (χ4n) is 3.53. The highest BCUT2D eigenvalue weighted by Gasteiger charge is 2.12. The van der Waals surface area contributed by atoms with Gasteiger partial charge in [-0.15, -0.1) is 0 Å². The molecule has 1 N–H and O–H groups in total. The van der Waals surface area contributed by atoms with Crippen LogP contribution in [-0.2, 0) is 0 Å². The van der Waals surface area contributed by atoms with E-state index in [9.17, 15) is 14.5 Å². The lowest BCUT2D eigenvalue weighted by Gasteiger charge is -2.15. The lowest BCUT2D eigenvalue weighted by Crippen LogP contribution is -2.22. The summed E-state index contributed by atoms with van der Waals surface area (Å²) in [6, 6.07) is 7.19. The van der Waals surface area contributed by atoms with Crippen LogP contribution in [0.5, 0.6) is 0 Å². The molecule has 0 aliphatic carbocycles. The molecule has 4 rings (SSSR count). The first kappa shape index (κ1) is 20.0. The number of nitrogens with one attached hydrogen (secondary N) is 1. The smallest absolute Gasteiger partial charge is 0.401 e. The molecule has 30 heavy (non-hydrogen) atoms. The number of hydrogen-bond acceptors (Lipinski definition) is 7. The highest BCUT2D eigenvalue weighted by atomic mass is 19.1. The minimum atomic E-state index is -0.600. The van der Waals surface area contributed by atoms with Gasteiger partial charge < -0.3 is 14.6 Å². The molecule has 8 nitrogen and oxygen atoms in total. The molecule has 1 aliphatic rings. The third-order valence-corrected chi connectivity index (χ3v) is 5.01. The lowest BCUT2D eigenvalue weighted by atomic mass is 10.2. The molecule has 1 fully saturated rings. The van der Waals surface area contributed by atoms with Crippen LogP contribution in [0.1, 0.15) is 30.8 Å². The molecule has 0 bridgehead atoms. The van der Waals surface area contributed by atoms with Crippen molar-refractivity contribution in [2.24, 2.45) is 0 Å². The number of halogens is 1. The first-order valence-corrected chi connectivity index (χ1v) is 9.94. The average molecular weight is 411 g/mol. The topological polar surface area (TPSA) is 97.3 Å². The van der Waals surface area contributed by atoms with Gasteiger partial charge in [0.2, 0.25) is 0 Å². The molecule has 3 aromatic rings. The minimum Gasteiger partial charge on any atom is -0.401 e. The van der Waals surface area contributed by atoms with Crippen molar-refractivity contribution in [1.29, 1.82) is 0 Å². The Hall–Kier alpha value is -3.33. The molecule has 3 heterocycles. The monoisotopic (exact) mass is 411 g/mol. The SMILES string of the molecule is O=[N+]([O-])c1ccc(/C=C/c2nc(NCCCN3CCCC3)c3ccc(F)cc3n2)o1. The Labute approximate surface area is 172 Å². The molecular formula is C21H22FN5O3. The van der Waals surface area contributed by atoms with Crippen molar-refractivity contribution in [2.45, 2.75) is 19.3 Å². The van der Waals surface area contributed by atoms with Gasteiger partial charge in [-0.3, -0.25) is 10.1 Å². The number of aromatic nitrogens is 2. The van der Waals surface area contributed by atoms with E-state index in [1.54, 1.807) is 18.2 Å². The zero-order valence-corrected chi connectivity index (χ0v) is 16.4. The van der Waals surface area contributed by atoms with Crippen molar-refractivity contribution < 1.29 is 13.7 Å². The van der Waals surface area contributed by atoms with E-state index in [4.69, 9.17) is 4.42 Å². The van der Waals surface area contributed by atoms with E-state index in [-0.39, 0.29) is 11.7 Å². The zero-order chi connectivity index (χ0) is 20.9. The predicted octanol–water partition coefficient (Wildman–Crippen LogP) is 4.34. The van der Waals surface area contributed by atoms with Crippen LogP contribution in [-0.4, -0.2) is 46.0 Å². The van der Waals surface area contributed by atoms with Gasteiger partial charge in [-0.05, 0) is 69.2 Å². The Kier molecular flexibility index (Phi) is 5.99. The number of likely N-dealkylation sites (tertiary alicyclic amines) is 1. The molecular weight excluding hydrogens is 389 g/mol. The molecule has 1 aliphatic heterocycles. The normalized spacial score (nSPS) is 14.7. The van der Waals surface area contributed by atoms with Gasteiger partial charge in [-0.2, -0.15) is 0 Å². The van der Waals surface area contributed by atoms with Gasteiger partial charge in [-0.25, -0.2) is 14.4 Å². The van der Waals surface area contributed by atoms with Gasteiger partial charge in [0.15, 0.2) is 5.82 Å². The van der Waals surface area contributed by atoms with Crippen LogP contribution in [0.25, 0.3) is 23.1 Å². The summed E-state index contributed by atoms with van der Waals surface area (Å²) in [5.41, 5.74) is 0.483. The summed E-state index contributed by atoms with van der Waals surface area (Å²) >= 11 is 0. The maximum absolute atomic E-state index is 13.7. The summed E-state index contributed by atoms with van der Waals surface area (Å²) in [4.78, 5) is 21.5.